The molecular weight excluding hydrogens is 390 g/mol. The average Bonchev–Trinajstić information content (AvgIpc) is 2.79. The summed E-state index contributed by atoms with van der Waals surface area (Å²) in [6.45, 7) is 2.28. The van der Waals surface area contributed by atoms with Gasteiger partial charge in [-0.25, -0.2) is 0 Å². The predicted octanol–water partition coefficient (Wildman–Crippen LogP) is 8.91. The number of rotatable bonds is 8. The Balaban J connectivity index is 1.30. The van der Waals surface area contributed by atoms with Gasteiger partial charge in [0.15, 0.2) is 0 Å². The molecule has 31 heavy (non-hydrogen) atoms. The Hall–Kier alpha value is -1.90. The maximum atomic E-state index is 13.4. The van der Waals surface area contributed by atoms with Crippen LogP contribution >= 0.6 is 0 Å². The lowest BCUT2D eigenvalue weighted by molar-refractivity contribution is -0.187. The first-order valence-electron chi connectivity index (χ1n) is 12.3. The lowest BCUT2D eigenvalue weighted by Crippen LogP contribution is -2.29. The van der Waals surface area contributed by atoms with Crippen LogP contribution in [0.4, 0.5) is 8.78 Å². The van der Waals surface area contributed by atoms with Crippen LogP contribution in [-0.4, -0.2) is 6.11 Å². The van der Waals surface area contributed by atoms with E-state index in [-0.39, 0.29) is 6.42 Å². The van der Waals surface area contributed by atoms with Crippen LogP contribution in [0.1, 0.15) is 94.6 Å². The van der Waals surface area contributed by atoms with Crippen LogP contribution in [0.3, 0.4) is 0 Å². The summed E-state index contributed by atoms with van der Waals surface area (Å²) < 4.78 is 31.7. The highest BCUT2D eigenvalue weighted by molar-refractivity contribution is 5.66. The van der Waals surface area contributed by atoms with Crippen LogP contribution in [0.2, 0.25) is 0 Å². The molecule has 0 spiro atoms. The number of fused-ring (bicyclic) bond motifs is 1. The fourth-order valence-electron chi connectivity index (χ4n) is 5.31. The zero-order valence-corrected chi connectivity index (χ0v) is 18.8. The van der Waals surface area contributed by atoms with E-state index in [4.69, 9.17) is 4.74 Å². The van der Waals surface area contributed by atoms with E-state index in [0.29, 0.717) is 18.1 Å². The summed E-state index contributed by atoms with van der Waals surface area (Å²) in [5, 5.41) is 0. The van der Waals surface area contributed by atoms with Gasteiger partial charge < -0.3 is 4.74 Å². The molecule has 1 aliphatic heterocycles. The SMILES string of the molecule is CCCCCCCC1CCC(c2ccc(-c3ccc4c(c3)CCC(F)(F)O4)cc2)CC1. The molecule has 1 saturated carbocycles. The molecule has 0 atom stereocenters. The zero-order valence-electron chi connectivity index (χ0n) is 18.8. The van der Waals surface area contributed by atoms with E-state index in [1.54, 1.807) is 6.07 Å². The Labute approximate surface area is 186 Å². The number of benzene rings is 2. The molecule has 168 valence electrons. The quantitative estimate of drug-likeness (QED) is 0.383. The second kappa shape index (κ2) is 10.1. The molecule has 0 saturated heterocycles. The third kappa shape index (κ3) is 5.87. The molecule has 1 aliphatic carbocycles. The number of ether oxygens (including phenoxy) is 1. The Kier molecular flexibility index (Phi) is 7.30. The van der Waals surface area contributed by atoms with Gasteiger partial charge in [-0.15, -0.1) is 0 Å². The Bertz CT molecular complexity index is 835. The van der Waals surface area contributed by atoms with E-state index >= 15 is 0 Å². The minimum absolute atomic E-state index is 0.246. The average molecular weight is 427 g/mol. The van der Waals surface area contributed by atoms with Crippen molar-refractivity contribution < 1.29 is 13.5 Å². The molecule has 2 aromatic carbocycles. The normalized spacial score (nSPS) is 22.5. The number of hydrogen-bond donors (Lipinski definition) is 0. The molecule has 2 aliphatic rings. The van der Waals surface area contributed by atoms with Crippen LogP contribution in [0.15, 0.2) is 42.5 Å². The van der Waals surface area contributed by atoms with Crippen molar-refractivity contribution in [2.75, 3.05) is 0 Å². The van der Waals surface area contributed by atoms with Gasteiger partial charge in [0.2, 0.25) is 0 Å². The van der Waals surface area contributed by atoms with Gasteiger partial charge in [-0.3, -0.25) is 0 Å². The molecule has 0 unspecified atom stereocenters. The maximum absolute atomic E-state index is 13.4. The number of aryl methyl sites for hydroxylation is 1. The number of unbranched alkanes of at least 4 members (excludes halogenated alkanes) is 4. The lowest BCUT2D eigenvalue weighted by atomic mass is 9.77. The van der Waals surface area contributed by atoms with E-state index in [2.05, 4.69) is 31.2 Å². The molecule has 1 nitrogen and oxygen atoms in total. The number of hydrogen-bond acceptors (Lipinski definition) is 1. The summed E-state index contributed by atoms with van der Waals surface area (Å²) in [6, 6.07) is 14.5. The Morgan fingerprint density at radius 3 is 2.32 bits per heavy atom. The van der Waals surface area contributed by atoms with E-state index in [0.717, 1.165) is 22.6 Å². The first-order valence-corrected chi connectivity index (χ1v) is 12.3. The van der Waals surface area contributed by atoms with Crippen LogP contribution in [0.5, 0.6) is 5.75 Å². The van der Waals surface area contributed by atoms with E-state index in [1.807, 2.05) is 12.1 Å². The van der Waals surface area contributed by atoms with Crippen molar-refractivity contribution >= 4 is 0 Å². The van der Waals surface area contributed by atoms with Crippen molar-refractivity contribution in [3.05, 3.63) is 53.6 Å². The summed E-state index contributed by atoms with van der Waals surface area (Å²) in [5.74, 6) is 1.94. The fourth-order valence-corrected chi connectivity index (χ4v) is 5.31. The van der Waals surface area contributed by atoms with E-state index in [1.165, 1.54) is 69.8 Å². The van der Waals surface area contributed by atoms with Gasteiger partial charge in [0.25, 0.3) is 0 Å². The van der Waals surface area contributed by atoms with Crippen molar-refractivity contribution in [1.82, 2.24) is 0 Å². The first-order chi connectivity index (χ1) is 15.0. The zero-order chi connectivity index (χ0) is 21.7. The molecule has 0 aromatic heterocycles. The highest BCUT2D eigenvalue weighted by atomic mass is 19.3. The summed E-state index contributed by atoms with van der Waals surface area (Å²) >= 11 is 0. The van der Waals surface area contributed by atoms with Crippen molar-refractivity contribution in [1.29, 1.82) is 0 Å². The Morgan fingerprint density at radius 2 is 1.58 bits per heavy atom. The minimum atomic E-state index is -3.04. The first kappa shape index (κ1) is 22.3. The van der Waals surface area contributed by atoms with E-state index in [9.17, 15) is 8.78 Å². The Morgan fingerprint density at radius 1 is 0.871 bits per heavy atom. The van der Waals surface area contributed by atoms with E-state index < -0.39 is 6.11 Å². The summed E-state index contributed by atoms with van der Waals surface area (Å²) in [6.07, 6.45) is 10.8. The lowest BCUT2D eigenvalue weighted by Gasteiger charge is -2.29. The molecule has 2 aromatic rings. The van der Waals surface area contributed by atoms with Crippen LogP contribution in [0, 0.1) is 5.92 Å². The topological polar surface area (TPSA) is 9.23 Å². The third-order valence-corrected chi connectivity index (χ3v) is 7.28. The van der Waals surface area contributed by atoms with Crippen molar-refractivity contribution in [3.8, 4) is 16.9 Å². The van der Waals surface area contributed by atoms with Gasteiger partial charge in [-0.1, -0.05) is 75.8 Å². The van der Waals surface area contributed by atoms with Crippen LogP contribution in [0.25, 0.3) is 11.1 Å². The second-order valence-corrected chi connectivity index (χ2v) is 9.60. The van der Waals surface area contributed by atoms with Gasteiger partial charge >= 0.3 is 6.11 Å². The van der Waals surface area contributed by atoms with Gasteiger partial charge in [-0.05, 0) is 78.3 Å². The summed E-state index contributed by atoms with van der Waals surface area (Å²) in [4.78, 5) is 0. The molecule has 0 N–H and O–H groups in total. The molecule has 0 amide bonds. The summed E-state index contributed by atoms with van der Waals surface area (Å²) in [5.41, 5.74) is 4.54. The molecule has 3 heteroatoms. The highest BCUT2D eigenvalue weighted by Crippen LogP contribution is 2.40. The second-order valence-electron chi connectivity index (χ2n) is 9.60. The molecule has 1 fully saturated rings. The predicted molar refractivity (Wildman–Crippen MR) is 124 cm³/mol. The third-order valence-electron chi connectivity index (χ3n) is 7.28. The highest BCUT2D eigenvalue weighted by Gasteiger charge is 2.36. The van der Waals surface area contributed by atoms with Crippen LogP contribution in [-0.2, 0) is 6.42 Å². The number of alkyl halides is 2. The van der Waals surface area contributed by atoms with Gasteiger partial charge in [0, 0.05) is 0 Å². The van der Waals surface area contributed by atoms with Crippen LogP contribution < -0.4 is 4.74 Å². The molecular formula is C28H36F2O. The minimum Gasteiger partial charge on any atom is -0.432 e. The smallest absolute Gasteiger partial charge is 0.398 e. The fraction of sp³-hybridized carbons (Fsp3) is 0.571. The van der Waals surface area contributed by atoms with Gasteiger partial charge in [0.05, 0.1) is 6.42 Å². The maximum Gasteiger partial charge on any atom is 0.398 e. The molecule has 0 bridgehead atoms. The van der Waals surface area contributed by atoms with Gasteiger partial charge in [-0.2, -0.15) is 8.78 Å². The summed E-state index contributed by atoms with van der Waals surface area (Å²) in [7, 11) is 0. The van der Waals surface area contributed by atoms with Crippen molar-refractivity contribution in [2.24, 2.45) is 5.92 Å². The van der Waals surface area contributed by atoms with Crippen molar-refractivity contribution in [2.45, 2.75) is 96.0 Å². The standard InChI is InChI=1S/C28H36F2O/c1-2-3-4-5-6-7-21-8-10-22(11-9-21)23-12-14-24(15-13-23)25-16-17-27-26(20-25)18-19-28(29,30)31-27/h12-17,20-22H,2-11,18-19H2,1H3. The molecule has 0 radical (unpaired) electrons. The molecule has 1 heterocycles. The van der Waals surface area contributed by atoms with Crippen molar-refractivity contribution in [3.63, 3.8) is 0 Å². The van der Waals surface area contributed by atoms with Gasteiger partial charge in [0.1, 0.15) is 5.75 Å². The molecule has 4 rings (SSSR count). The number of halogens is 2. The monoisotopic (exact) mass is 426 g/mol. The largest absolute Gasteiger partial charge is 0.432 e.